The van der Waals surface area contributed by atoms with Crippen molar-refractivity contribution in [3.8, 4) is 0 Å². The molecular formula is C15H25NOS. The fourth-order valence-electron chi connectivity index (χ4n) is 2.80. The topological polar surface area (TPSA) is 21.3 Å². The molecule has 102 valence electrons. The molecule has 2 nitrogen and oxygen atoms in total. The molecule has 0 saturated carbocycles. The number of hydrogen-bond acceptors (Lipinski definition) is 3. The van der Waals surface area contributed by atoms with Crippen LogP contribution in [-0.2, 0) is 11.2 Å². The summed E-state index contributed by atoms with van der Waals surface area (Å²) < 4.78 is 5.83. The summed E-state index contributed by atoms with van der Waals surface area (Å²) in [6, 6.07) is 2.77. The third kappa shape index (κ3) is 3.81. The Hall–Kier alpha value is -0.380. The summed E-state index contributed by atoms with van der Waals surface area (Å²) in [5.74, 6) is 1.32. The summed E-state index contributed by atoms with van der Waals surface area (Å²) in [6.45, 7) is 8.83. The maximum absolute atomic E-state index is 5.83. The van der Waals surface area contributed by atoms with Crippen LogP contribution in [0.3, 0.4) is 0 Å². The van der Waals surface area contributed by atoms with Crippen molar-refractivity contribution >= 4 is 11.3 Å². The first-order chi connectivity index (χ1) is 8.66. The fourth-order valence-corrected chi connectivity index (χ4v) is 3.48. The molecule has 0 spiro atoms. The SMILES string of the molecule is CC(C)[C@@H]1OCC[C@H]1CN[C@H](C)Cc1ccsc1. The molecule has 0 unspecified atom stereocenters. The monoisotopic (exact) mass is 267 g/mol. The Balaban J connectivity index is 1.73. The smallest absolute Gasteiger partial charge is 0.0639 e. The highest BCUT2D eigenvalue weighted by Crippen LogP contribution is 2.26. The molecule has 0 bridgehead atoms. The lowest BCUT2D eigenvalue weighted by molar-refractivity contribution is 0.0535. The van der Waals surface area contributed by atoms with Crippen LogP contribution in [0, 0.1) is 11.8 Å². The Morgan fingerprint density at radius 1 is 1.44 bits per heavy atom. The molecule has 3 atom stereocenters. The summed E-state index contributed by atoms with van der Waals surface area (Å²) in [5.41, 5.74) is 1.45. The van der Waals surface area contributed by atoms with Crippen molar-refractivity contribution in [1.82, 2.24) is 5.32 Å². The highest BCUT2D eigenvalue weighted by atomic mass is 32.1. The van der Waals surface area contributed by atoms with Gasteiger partial charge in [-0.3, -0.25) is 0 Å². The first kappa shape index (κ1) is 14.0. The Bertz CT molecular complexity index is 336. The normalized spacial score (nSPS) is 25.8. The molecule has 1 fully saturated rings. The van der Waals surface area contributed by atoms with Gasteiger partial charge in [0.15, 0.2) is 0 Å². The van der Waals surface area contributed by atoms with Crippen LogP contribution >= 0.6 is 11.3 Å². The van der Waals surface area contributed by atoms with Crippen LogP contribution in [0.15, 0.2) is 16.8 Å². The van der Waals surface area contributed by atoms with Gasteiger partial charge < -0.3 is 10.1 Å². The van der Waals surface area contributed by atoms with E-state index in [9.17, 15) is 0 Å². The van der Waals surface area contributed by atoms with Gasteiger partial charge in [0.05, 0.1) is 6.10 Å². The van der Waals surface area contributed by atoms with Crippen molar-refractivity contribution in [3.05, 3.63) is 22.4 Å². The summed E-state index contributed by atoms with van der Waals surface area (Å²) in [6.07, 6.45) is 2.79. The Labute approximate surface area is 115 Å². The third-order valence-corrected chi connectivity index (χ3v) is 4.50. The van der Waals surface area contributed by atoms with Gasteiger partial charge in [-0.25, -0.2) is 0 Å². The minimum Gasteiger partial charge on any atom is -0.378 e. The quantitative estimate of drug-likeness (QED) is 0.853. The van der Waals surface area contributed by atoms with Gasteiger partial charge >= 0.3 is 0 Å². The second-order valence-electron chi connectivity index (χ2n) is 5.77. The molecular weight excluding hydrogens is 242 g/mol. The van der Waals surface area contributed by atoms with E-state index in [1.54, 1.807) is 11.3 Å². The maximum Gasteiger partial charge on any atom is 0.0639 e. The van der Waals surface area contributed by atoms with Crippen molar-refractivity contribution in [2.45, 2.75) is 45.8 Å². The second-order valence-corrected chi connectivity index (χ2v) is 6.55. The van der Waals surface area contributed by atoms with Crippen LogP contribution in [0.2, 0.25) is 0 Å². The van der Waals surface area contributed by atoms with E-state index in [1.165, 1.54) is 12.0 Å². The number of hydrogen-bond donors (Lipinski definition) is 1. The molecule has 1 N–H and O–H groups in total. The van der Waals surface area contributed by atoms with Gasteiger partial charge in [-0.05, 0) is 54.0 Å². The largest absolute Gasteiger partial charge is 0.378 e. The summed E-state index contributed by atoms with van der Waals surface area (Å²) >= 11 is 1.78. The number of ether oxygens (including phenoxy) is 1. The standard InChI is InChI=1S/C15H25NOS/c1-11(2)15-14(4-6-17-15)9-16-12(3)8-13-5-7-18-10-13/h5,7,10-12,14-16H,4,6,8-9H2,1-3H3/t12-,14+,15+/m1/s1. The van der Waals surface area contributed by atoms with E-state index in [2.05, 4.69) is 42.9 Å². The average Bonchev–Trinajstić information content (AvgIpc) is 2.96. The lowest BCUT2D eigenvalue weighted by atomic mass is 9.92. The predicted molar refractivity (Wildman–Crippen MR) is 78.2 cm³/mol. The van der Waals surface area contributed by atoms with Crippen LogP contribution in [-0.4, -0.2) is 25.3 Å². The Morgan fingerprint density at radius 2 is 2.28 bits per heavy atom. The van der Waals surface area contributed by atoms with E-state index in [4.69, 9.17) is 4.74 Å². The predicted octanol–water partition coefficient (Wildman–Crippen LogP) is 3.33. The first-order valence-corrected chi connectivity index (χ1v) is 7.97. The van der Waals surface area contributed by atoms with Crippen molar-refractivity contribution in [2.24, 2.45) is 11.8 Å². The molecule has 2 heterocycles. The minimum atomic E-state index is 0.450. The Kier molecular flexibility index (Phi) is 5.22. The van der Waals surface area contributed by atoms with Gasteiger partial charge in [0, 0.05) is 19.2 Å². The van der Waals surface area contributed by atoms with E-state index in [-0.39, 0.29) is 0 Å². The molecule has 0 radical (unpaired) electrons. The van der Waals surface area contributed by atoms with Gasteiger partial charge in [0.2, 0.25) is 0 Å². The summed E-state index contributed by atoms with van der Waals surface area (Å²) in [4.78, 5) is 0. The van der Waals surface area contributed by atoms with E-state index in [1.807, 2.05) is 0 Å². The second kappa shape index (κ2) is 6.69. The van der Waals surface area contributed by atoms with Gasteiger partial charge in [-0.2, -0.15) is 11.3 Å². The average molecular weight is 267 g/mol. The molecule has 1 saturated heterocycles. The zero-order valence-corrected chi connectivity index (χ0v) is 12.5. The minimum absolute atomic E-state index is 0.450. The summed E-state index contributed by atoms with van der Waals surface area (Å²) in [7, 11) is 0. The lowest BCUT2D eigenvalue weighted by Crippen LogP contribution is -2.36. The molecule has 3 heteroatoms. The van der Waals surface area contributed by atoms with Gasteiger partial charge in [0.1, 0.15) is 0 Å². The van der Waals surface area contributed by atoms with Crippen molar-refractivity contribution in [3.63, 3.8) is 0 Å². The van der Waals surface area contributed by atoms with Crippen molar-refractivity contribution < 1.29 is 4.74 Å². The number of thiophene rings is 1. The molecule has 0 aliphatic carbocycles. The lowest BCUT2D eigenvalue weighted by Gasteiger charge is -2.24. The van der Waals surface area contributed by atoms with Crippen LogP contribution in [0.4, 0.5) is 0 Å². The highest BCUT2D eigenvalue weighted by Gasteiger charge is 2.30. The van der Waals surface area contributed by atoms with Gasteiger partial charge in [-0.1, -0.05) is 13.8 Å². The number of nitrogens with one attached hydrogen (secondary N) is 1. The molecule has 1 aliphatic heterocycles. The van der Waals surface area contributed by atoms with Crippen LogP contribution in [0.25, 0.3) is 0 Å². The molecule has 0 amide bonds. The summed E-state index contributed by atoms with van der Waals surface area (Å²) in [5, 5.41) is 8.07. The Morgan fingerprint density at radius 3 is 2.94 bits per heavy atom. The fraction of sp³-hybridized carbons (Fsp3) is 0.733. The zero-order chi connectivity index (χ0) is 13.0. The molecule has 0 aromatic carbocycles. The molecule has 1 aromatic rings. The molecule has 1 aliphatic rings. The molecule has 1 aromatic heterocycles. The van der Waals surface area contributed by atoms with Crippen molar-refractivity contribution in [2.75, 3.05) is 13.2 Å². The maximum atomic E-state index is 5.83. The van der Waals surface area contributed by atoms with Crippen molar-refractivity contribution in [1.29, 1.82) is 0 Å². The van der Waals surface area contributed by atoms with Gasteiger partial charge in [-0.15, -0.1) is 0 Å². The van der Waals surface area contributed by atoms with Crippen LogP contribution in [0.5, 0.6) is 0 Å². The third-order valence-electron chi connectivity index (χ3n) is 3.77. The van der Waals surface area contributed by atoms with E-state index < -0.39 is 0 Å². The number of rotatable bonds is 6. The zero-order valence-electron chi connectivity index (χ0n) is 11.7. The van der Waals surface area contributed by atoms with E-state index in [0.717, 1.165) is 19.6 Å². The molecule has 18 heavy (non-hydrogen) atoms. The van der Waals surface area contributed by atoms with Crippen LogP contribution < -0.4 is 5.32 Å². The first-order valence-electron chi connectivity index (χ1n) is 7.03. The van der Waals surface area contributed by atoms with E-state index >= 15 is 0 Å². The van der Waals surface area contributed by atoms with Crippen LogP contribution in [0.1, 0.15) is 32.8 Å². The van der Waals surface area contributed by atoms with Gasteiger partial charge in [0.25, 0.3) is 0 Å². The van der Waals surface area contributed by atoms with E-state index in [0.29, 0.717) is 24.0 Å². The highest BCUT2D eigenvalue weighted by molar-refractivity contribution is 7.07. The molecule has 2 rings (SSSR count).